The van der Waals surface area contributed by atoms with E-state index < -0.39 is 18.1 Å². The minimum atomic E-state index is -1.12. The van der Waals surface area contributed by atoms with E-state index in [0.29, 0.717) is 11.4 Å². The van der Waals surface area contributed by atoms with Crippen LogP contribution in [-0.4, -0.2) is 42.7 Å². The molecule has 0 saturated heterocycles. The highest BCUT2D eigenvalue weighted by molar-refractivity contribution is 6.20. The van der Waals surface area contributed by atoms with Gasteiger partial charge in [0.2, 0.25) is 18.0 Å². The van der Waals surface area contributed by atoms with Crippen LogP contribution in [0, 0.1) is 0 Å². The number of nitrogens with one attached hydrogen (secondary N) is 2. The Bertz CT molecular complexity index is 1030. The molecule has 0 spiro atoms. The molecule has 1 aliphatic rings. The van der Waals surface area contributed by atoms with Gasteiger partial charge in [-0.05, 0) is 19.9 Å². The third-order valence-corrected chi connectivity index (χ3v) is 4.98. The van der Waals surface area contributed by atoms with Crippen LogP contribution in [0.4, 0.5) is 5.69 Å². The maximum absolute atomic E-state index is 13.1. The minimum absolute atomic E-state index is 0.185. The van der Waals surface area contributed by atoms with Crippen LogP contribution in [0.1, 0.15) is 31.4 Å². The van der Waals surface area contributed by atoms with Crippen molar-refractivity contribution >= 4 is 29.1 Å². The van der Waals surface area contributed by atoms with Gasteiger partial charge < -0.3 is 15.5 Å². The van der Waals surface area contributed by atoms with Crippen LogP contribution in [0.15, 0.2) is 71.7 Å². The molecule has 1 heterocycles. The number of benzene rings is 2. The number of para-hydroxylation sites is 1. The van der Waals surface area contributed by atoms with E-state index in [4.69, 9.17) is 0 Å². The van der Waals surface area contributed by atoms with Crippen LogP contribution in [0.2, 0.25) is 0 Å². The summed E-state index contributed by atoms with van der Waals surface area (Å²) >= 11 is 0. The summed E-state index contributed by atoms with van der Waals surface area (Å²) in [5.74, 6) is -1.12. The van der Waals surface area contributed by atoms with Gasteiger partial charge in [0.15, 0.2) is 0 Å². The quantitative estimate of drug-likeness (QED) is 0.706. The van der Waals surface area contributed by atoms with E-state index in [2.05, 4.69) is 15.6 Å². The second kappa shape index (κ2) is 9.84. The average molecular weight is 418 g/mol. The zero-order valence-corrected chi connectivity index (χ0v) is 17.8. The molecule has 3 rings (SSSR count). The van der Waals surface area contributed by atoms with Gasteiger partial charge in [0.25, 0.3) is 5.91 Å². The zero-order chi connectivity index (χ0) is 22.4. The number of allylic oxidation sites excluding steroid dienone is 1. The molecule has 0 aliphatic carbocycles. The van der Waals surface area contributed by atoms with Gasteiger partial charge in [-0.3, -0.25) is 14.4 Å². The summed E-state index contributed by atoms with van der Waals surface area (Å²) in [5.41, 5.74) is 2.96. The molecule has 0 aromatic heterocycles. The summed E-state index contributed by atoms with van der Waals surface area (Å²) in [4.78, 5) is 43.9. The summed E-state index contributed by atoms with van der Waals surface area (Å²) < 4.78 is 0. The van der Waals surface area contributed by atoms with Crippen molar-refractivity contribution in [2.45, 2.75) is 32.5 Å². The van der Waals surface area contributed by atoms with Gasteiger partial charge in [-0.25, -0.2) is 4.99 Å². The lowest BCUT2D eigenvalue weighted by atomic mass is 10.0. The average Bonchev–Trinajstić information content (AvgIpc) is 2.89. The second-order valence-electron chi connectivity index (χ2n) is 7.23. The van der Waals surface area contributed by atoms with E-state index in [1.165, 1.54) is 4.90 Å². The number of benzodiazepines with no additional fused rings is 1. The van der Waals surface area contributed by atoms with E-state index in [9.17, 15) is 14.4 Å². The molecule has 7 nitrogen and oxygen atoms in total. The second-order valence-corrected chi connectivity index (χ2v) is 7.23. The first-order valence-electron chi connectivity index (χ1n) is 10.1. The van der Waals surface area contributed by atoms with Crippen molar-refractivity contribution in [3.63, 3.8) is 0 Å². The molecule has 0 unspecified atom stereocenters. The summed E-state index contributed by atoms with van der Waals surface area (Å²) in [6.45, 7) is 3.39. The third kappa shape index (κ3) is 5.06. The Morgan fingerprint density at radius 1 is 1.13 bits per heavy atom. The number of carbonyl (C=O) groups excluding carboxylic acids is 3. The van der Waals surface area contributed by atoms with Gasteiger partial charge in [-0.1, -0.05) is 60.7 Å². The number of fused-ring (bicyclic) bond motifs is 1. The lowest BCUT2D eigenvalue weighted by Crippen LogP contribution is -2.52. The number of hydrogen-bond donors (Lipinski definition) is 2. The van der Waals surface area contributed by atoms with Crippen molar-refractivity contribution < 1.29 is 14.4 Å². The van der Waals surface area contributed by atoms with Crippen LogP contribution in [0.5, 0.6) is 0 Å². The number of rotatable bonds is 6. The number of amides is 3. The Morgan fingerprint density at radius 2 is 1.81 bits per heavy atom. The van der Waals surface area contributed by atoms with E-state index >= 15 is 0 Å². The molecule has 2 atom stereocenters. The summed E-state index contributed by atoms with van der Waals surface area (Å²) in [6.07, 6.45) is 2.54. The molecule has 0 fully saturated rings. The molecular formula is C24H26N4O3. The van der Waals surface area contributed by atoms with Crippen LogP contribution in [0.25, 0.3) is 0 Å². The van der Waals surface area contributed by atoms with Crippen molar-refractivity contribution in [3.8, 4) is 0 Å². The Hall–Kier alpha value is -3.74. The van der Waals surface area contributed by atoms with E-state index in [0.717, 1.165) is 11.1 Å². The van der Waals surface area contributed by atoms with Crippen LogP contribution in [-0.2, 0) is 14.4 Å². The number of likely N-dealkylation sites (N-methyl/N-ethyl adjacent to an activating group) is 1. The maximum atomic E-state index is 13.1. The number of carbonyl (C=O) groups is 3. The fourth-order valence-corrected chi connectivity index (χ4v) is 3.29. The molecular weight excluding hydrogens is 392 g/mol. The Labute approximate surface area is 181 Å². The highest BCUT2D eigenvalue weighted by Gasteiger charge is 2.31. The van der Waals surface area contributed by atoms with E-state index in [1.54, 1.807) is 26.1 Å². The van der Waals surface area contributed by atoms with Crippen molar-refractivity contribution in [3.05, 3.63) is 77.9 Å². The predicted octanol–water partition coefficient (Wildman–Crippen LogP) is 2.41. The molecule has 3 amide bonds. The van der Waals surface area contributed by atoms with E-state index in [-0.39, 0.29) is 18.2 Å². The Kier molecular flexibility index (Phi) is 6.97. The van der Waals surface area contributed by atoms with Crippen LogP contribution in [0.3, 0.4) is 0 Å². The Morgan fingerprint density at radius 3 is 2.52 bits per heavy atom. The summed E-state index contributed by atoms with van der Waals surface area (Å²) in [7, 11) is 1.66. The minimum Gasteiger partial charge on any atom is -0.344 e. The van der Waals surface area contributed by atoms with Crippen molar-refractivity contribution in [2.75, 3.05) is 11.9 Å². The van der Waals surface area contributed by atoms with Crippen LogP contribution < -0.4 is 15.5 Å². The van der Waals surface area contributed by atoms with Gasteiger partial charge >= 0.3 is 0 Å². The fourth-order valence-electron chi connectivity index (χ4n) is 3.29. The van der Waals surface area contributed by atoms with Crippen molar-refractivity contribution in [1.29, 1.82) is 0 Å². The standard InChI is InChI=1S/C24H26N4O3/c1-4-5-15-20(29)25-16(2)23(30)27-22-24(31)28(3)19-14-10-9-13-18(19)21(26-22)17-11-7-6-8-12-17/h4-14,16,22H,15H2,1-3H3,(H,25,29)(H,27,30)/t16-,22+/m0/s1. The third-order valence-electron chi connectivity index (χ3n) is 4.98. The Balaban J connectivity index is 1.90. The first-order valence-corrected chi connectivity index (χ1v) is 10.1. The monoisotopic (exact) mass is 418 g/mol. The highest BCUT2D eigenvalue weighted by Crippen LogP contribution is 2.27. The zero-order valence-electron chi connectivity index (χ0n) is 17.8. The summed E-state index contributed by atoms with van der Waals surface area (Å²) in [5, 5.41) is 5.31. The van der Waals surface area contributed by atoms with Gasteiger partial charge in [-0.15, -0.1) is 0 Å². The number of anilines is 1. The first-order chi connectivity index (χ1) is 14.9. The topological polar surface area (TPSA) is 90.9 Å². The molecule has 2 aromatic carbocycles. The smallest absolute Gasteiger partial charge is 0.272 e. The first kappa shape index (κ1) is 22.0. The SMILES string of the molecule is CC=CCC(=O)N[C@@H](C)C(=O)N[C@H]1N=C(c2ccccc2)c2ccccc2N(C)C1=O. The molecule has 0 saturated carbocycles. The number of aliphatic imine (C=N–C) groups is 1. The lowest BCUT2D eigenvalue weighted by molar-refractivity contribution is -0.130. The van der Waals surface area contributed by atoms with Gasteiger partial charge in [0, 0.05) is 24.6 Å². The van der Waals surface area contributed by atoms with E-state index in [1.807, 2.05) is 61.5 Å². The molecule has 2 N–H and O–H groups in total. The highest BCUT2D eigenvalue weighted by atomic mass is 16.2. The molecule has 7 heteroatoms. The van der Waals surface area contributed by atoms with Gasteiger partial charge in [0.1, 0.15) is 6.04 Å². The molecule has 0 bridgehead atoms. The predicted molar refractivity (Wildman–Crippen MR) is 121 cm³/mol. The van der Waals surface area contributed by atoms with Crippen molar-refractivity contribution in [2.24, 2.45) is 4.99 Å². The molecule has 0 radical (unpaired) electrons. The van der Waals surface area contributed by atoms with Crippen LogP contribution >= 0.6 is 0 Å². The van der Waals surface area contributed by atoms with Crippen molar-refractivity contribution in [1.82, 2.24) is 10.6 Å². The number of hydrogen-bond acceptors (Lipinski definition) is 4. The maximum Gasteiger partial charge on any atom is 0.272 e. The molecule has 1 aliphatic heterocycles. The largest absolute Gasteiger partial charge is 0.344 e. The molecule has 160 valence electrons. The molecule has 31 heavy (non-hydrogen) atoms. The van der Waals surface area contributed by atoms with Gasteiger partial charge in [-0.2, -0.15) is 0 Å². The number of nitrogens with zero attached hydrogens (tertiary/aromatic N) is 2. The lowest BCUT2D eigenvalue weighted by Gasteiger charge is -2.22. The fraction of sp³-hybridized carbons (Fsp3) is 0.250. The van der Waals surface area contributed by atoms with Gasteiger partial charge in [0.05, 0.1) is 11.4 Å². The molecule has 2 aromatic rings. The summed E-state index contributed by atoms with van der Waals surface area (Å²) in [6, 6.07) is 16.2. The normalized spacial score (nSPS) is 16.9.